The molecule has 0 bridgehead atoms. The van der Waals surface area contributed by atoms with Gasteiger partial charge in [-0.2, -0.15) is 0 Å². The summed E-state index contributed by atoms with van der Waals surface area (Å²) in [5, 5.41) is 3.42. The summed E-state index contributed by atoms with van der Waals surface area (Å²) in [4.78, 5) is 12.1. The predicted molar refractivity (Wildman–Crippen MR) is 84.7 cm³/mol. The minimum Gasteiger partial charge on any atom is -0.490 e. The first kappa shape index (κ1) is 14.7. The second-order valence-electron chi connectivity index (χ2n) is 5.02. The summed E-state index contributed by atoms with van der Waals surface area (Å²) in [7, 11) is 0. The van der Waals surface area contributed by atoms with E-state index in [1.165, 1.54) is 0 Å². The lowest BCUT2D eigenvalue weighted by atomic mass is 10.1. The molecule has 0 spiro atoms. The maximum absolute atomic E-state index is 12.1. The molecule has 0 radical (unpaired) electrons. The summed E-state index contributed by atoms with van der Waals surface area (Å²) in [6, 6.07) is 12.6. The standard InChI is InChI=1S/C17H16ClNO3/c18-14-4-1-3-13(10-14)17(20)19-11-12-5-6-15-16(9-12)22-8-2-7-21-15/h1,3-6,9-10H,2,7-8,11H2,(H,19,20). The lowest BCUT2D eigenvalue weighted by molar-refractivity contribution is 0.0951. The van der Waals surface area contributed by atoms with E-state index in [0.29, 0.717) is 30.3 Å². The van der Waals surface area contributed by atoms with Crippen molar-refractivity contribution in [3.63, 3.8) is 0 Å². The fourth-order valence-electron chi connectivity index (χ4n) is 2.23. The van der Waals surface area contributed by atoms with Gasteiger partial charge in [-0.3, -0.25) is 4.79 Å². The average molecular weight is 318 g/mol. The summed E-state index contributed by atoms with van der Waals surface area (Å²) in [6.07, 6.45) is 0.871. The molecule has 2 aromatic rings. The molecule has 1 amide bonds. The van der Waals surface area contributed by atoms with E-state index in [4.69, 9.17) is 21.1 Å². The van der Waals surface area contributed by atoms with Gasteiger partial charge in [-0.15, -0.1) is 0 Å². The molecular weight excluding hydrogens is 302 g/mol. The maximum Gasteiger partial charge on any atom is 0.251 e. The molecule has 0 atom stereocenters. The van der Waals surface area contributed by atoms with Crippen LogP contribution in [-0.4, -0.2) is 19.1 Å². The molecule has 0 unspecified atom stereocenters. The van der Waals surface area contributed by atoms with E-state index in [-0.39, 0.29) is 5.91 Å². The summed E-state index contributed by atoms with van der Waals surface area (Å²) >= 11 is 5.89. The maximum atomic E-state index is 12.1. The molecule has 0 aliphatic carbocycles. The van der Waals surface area contributed by atoms with Crippen LogP contribution < -0.4 is 14.8 Å². The zero-order valence-corrected chi connectivity index (χ0v) is 12.7. The predicted octanol–water partition coefficient (Wildman–Crippen LogP) is 3.43. The van der Waals surface area contributed by atoms with Crippen molar-refractivity contribution in [3.8, 4) is 11.5 Å². The van der Waals surface area contributed by atoms with Crippen molar-refractivity contribution in [2.75, 3.05) is 13.2 Å². The minimum atomic E-state index is -0.158. The highest BCUT2D eigenvalue weighted by Gasteiger charge is 2.11. The number of hydrogen-bond donors (Lipinski definition) is 1. The van der Waals surface area contributed by atoms with E-state index < -0.39 is 0 Å². The molecule has 0 aromatic heterocycles. The Hall–Kier alpha value is -2.20. The fourth-order valence-corrected chi connectivity index (χ4v) is 2.42. The van der Waals surface area contributed by atoms with Crippen LogP contribution in [0.2, 0.25) is 5.02 Å². The van der Waals surface area contributed by atoms with Gasteiger partial charge in [0, 0.05) is 23.6 Å². The molecule has 5 heteroatoms. The zero-order chi connectivity index (χ0) is 15.4. The monoisotopic (exact) mass is 317 g/mol. The molecule has 114 valence electrons. The average Bonchev–Trinajstić information content (AvgIpc) is 2.77. The number of ether oxygens (including phenoxy) is 2. The molecule has 1 N–H and O–H groups in total. The number of nitrogens with one attached hydrogen (secondary N) is 1. The Morgan fingerprint density at radius 1 is 1.09 bits per heavy atom. The van der Waals surface area contributed by atoms with Crippen LogP contribution >= 0.6 is 11.6 Å². The van der Waals surface area contributed by atoms with E-state index in [2.05, 4.69) is 5.32 Å². The van der Waals surface area contributed by atoms with Crippen LogP contribution in [0.25, 0.3) is 0 Å². The van der Waals surface area contributed by atoms with Crippen LogP contribution in [0.1, 0.15) is 22.3 Å². The molecule has 0 saturated heterocycles. The van der Waals surface area contributed by atoms with Gasteiger partial charge in [0.1, 0.15) is 0 Å². The van der Waals surface area contributed by atoms with Gasteiger partial charge in [-0.1, -0.05) is 23.7 Å². The van der Waals surface area contributed by atoms with Gasteiger partial charge in [0.25, 0.3) is 5.91 Å². The topological polar surface area (TPSA) is 47.6 Å². The molecule has 1 heterocycles. The number of benzene rings is 2. The van der Waals surface area contributed by atoms with Gasteiger partial charge in [0.2, 0.25) is 0 Å². The van der Waals surface area contributed by atoms with Gasteiger partial charge < -0.3 is 14.8 Å². The third kappa shape index (κ3) is 3.52. The van der Waals surface area contributed by atoms with E-state index in [0.717, 1.165) is 23.5 Å². The van der Waals surface area contributed by atoms with Crippen molar-refractivity contribution in [1.82, 2.24) is 5.32 Å². The second-order valence-corrected chi connectivity index (χ2v) is 5.46. The Kier molecular flexibility index (Phi) is 4.49. The minimum absolute atomic E-state index is 0.158. The second kappa shape index (κ2) is 6.71. The highest BCUT2D eigenvalue weighted by molar-refractivity contribution is 6.30. The zero-order valence-electron chi connectivity index (χ0n) is 12.0. The van der Waals surface area contributed by atoms with Crippen molar-refractivity contribution >= 4 is 17.5 Å². The van der Waals surface area contributed by atoms with Gasteiger partial charge in [-0.05, 0) is 35.9 Å². The van der Waals surface area contributed by atoms with E-state index in [1.807, 2.05) is 18.2 Å². The third-order valence-corrected chi connectivity index (χ3v) is 3.59. The van der Waals surface area contributed by atoms with Gasteiger partial charge in [0.15, 0.2) is 11.5 Å². The first-order valence-electron chi connectivity index (χ1n) is 7.15. The Bertz CT molecular complexity index is 687. The molecule has 0 fully saturated rings. The molecule has 3 rings (SSSR count). The third-order valence-electron chi connectivity index (χ3n) is 3.35. The molecule has 4 nitrogen and oxygen atoms in total. The molecule has 1 aliphatic rings. The van der Waals surface area contributed by atoms with Crippen LogP contribution in [0.5, 0.6) is 11.5 Å². The molecular formula is C17H16ClNO3. The SMILES string of the molecule is O=C(NCc1ccc2c(c1)OCCCO2)c1cccc(Cl)c1. The number of carbonyl (C=O) groups excluding carboxylic acids is 1. The van der Waals surface area contributed by atoms with Crippen LogP contribution in [0, 0.1) is 0 Å². The molecule has 1 aliphatic heterocycles. The number of halogens is 1. The summed E-state index contributed by atoms with van der Waals surface area (Å²) < 4.78 is 11.2. The lowest BCUT2D eigenvalue weighted by Crippen LogP contribution is -2.22. The van der Waals surface area contributed by atoms with Crippen LogP contribution in [0.15, 0.2) is 42.5 Å². The number of amides is 1. The number of carbonyl (C=O) groups is 1. The van der Waals surface area contributed by atoms with Crippen molar-refractivity contribution in [2.45, 2.75) is 13.0 Å². The molecule has 2 aromatic carbocycles. The van der Waals surface area contributed by atoms with Gasteiger partial charge in [-0.25, -0.2) is 0 Å². The summed E-state index contributed by atoms with van der Waals surface area (Å²) in [5.41, 5.74) is 1.50. The highest BCUT2D eigenvalue weighted by Crippen LogP contribution is 2.30. The van der Waals surface area contributed by atoms with E-state index in [9.17, 15) is 4.79 Å². The fraction of sp³-hybridized carbons (Fsp3) is 0.235. The molecule has 0 saturated carbocycles. The number of rotatable bonds is 3. The Balaban J connectivity index is 1.66. The Morgan fingerprint density at radius 3 is 2.73 bits per heavy atom. The van der Waals surface area contributed by atoms with Gasteiger partial charge in [0.05, 0.1) is 13.2 Å². The smallest absolute Gasteiger partial charge is 0.251 e. The number of fused-ring (bicyclic) bond motifs is 1. The van der Waals surface area contributed by atoms with Crippen molar-refractivity contribution in [1.29, 1.82) is 0 Å². The largest absolute Gasteiger partial charge is 0.490 e. The van der Waals surface area contributed by atoms with Gasteiger partial charge >= 0.3 is 0 Å². The van der Waals surface area contributed by atoms with E-state index in [1.54, 1.807) is 24.3 Å². The van der Waals surface area contributed by atoms with Crippen molar-refractivity contribution in [2.24, 2.45) is 0 Å². The first-order chi connectivity index (χ1) is 10.7. The first-order valence-corrected chi connectivity index (χ1v) is 7.52. The highest BCUT2D eigenvalue weighted by atomic mass is 35.5. The summed E-state index contributed by atoms with van der Waals surface area (Å²) in [6.45, 7) is 1.73. The number of hydrogen-bond acceptors (Lipinski definition) is 3. The van der Waals surface area contributed by atoms with Crippen molar-refractivity contribution < 1.29 is 14.3 Å². The normalized spacial score (nSPS) is 13.3. The van der Waals surface area contributed by atoms with Crippen LogP contribution in [-0.2, 0) is 6.54 Å². The lowest BCUT2D eigenvalue weighted by Gasteiger charge is -2.10. The summed E-state index contributed by atoms with van der Waals surface area (Å²) in [5.74, 6) is 1.32. The van der Waals surface area contributed by atoms with Crippen LogP contribution in [0.3, 0.4) is 0 Å². The van der Waals surface area contributed by atoms with E-state index >= 15 is 0 Å². The molecule has 22 heavy (non-hydrogen) atoms. The quantitative estimate of drug-likeness (QED) is 0.943. The Morgan fingerprint density at radius 2 is 1.91 bits per heavy atom. The Labute approximate surface area is 134 Å². The van der Waals surface area contributed by atoms with Crippen LogP contribution in [0.4, 0.5) is 0 Å². The van der Waals surface area contributed by atoms with Crippen molar-refractivity contribution in [3.05, 3.63) is 58.6 Å².